The first-order valence-electron chi connectivity index (χ1n) is 9.03. The van der Waals surface area contributed by atoms with Crippen LogP contribution in [0.25, 0.3) is 0 Å². The highest BCUT2D eigenvalue weighted by atomic mass is 32.2. The fourth-order valence-electron chi connectivity index (χ4n) is 2.82. The third-order valence-corrected chi connectivity index (χ3v) is 6.48. The summed E-state index contributed by atoms with van der Waals surface area (Å²) in [4.78, 5) is 1.41. The van der Waals surface area contributed by atoms with E-state index in [0.717, 1.165) is 48.0 Å². The predicted molar refractivity (Wildman–Crippen MR) is 107 cm³/mol. The van der Waals surface area contributed by atoms with Crippen LogP contribution < -0.4 is 10.2 Å². The summed E-state index contributed by atoms with van der Waals surface area (Å²) < 4.78 is 6.23. The highest BCUT2D eigenvalue weighted by Crippen LogP contribution is 2.28. The second-order valence-corrected chi connectivity index (χ2v) is 9.05. The van der Waals surface area contributed by atoms with Gasteiger partial charge in [-0.25, -0.2) is 0 Å². The van der Waals surface area contributed by atoms with Gasteiger partial charge in [-0.2, -0.15) is 0 Å². The summed E-state index contributed by atoms with van der Waals surface area (Å²) in [6.07, 6.45) is -0.336. The lowest BCUT2D eigenvalue weighted by molar-refractivity contribution is -0.910. The van der Waals surface area contributed by atoms with E-state index in [1.807, 2.05) is 0 Å². The molecule has 26 heavy (non-hydrogen) atoms. The first-order valence-corrected chi connectivity index (χ1v) is 10.8. The molecule has 1 fully saturated rings. The third kappa shape index (κ3) is 5.92. The van der Waals surface area contributed by atoms with Crippen molar-refractivity contribution in [1.82, 2.24) is 10.2 Å². The predicted octanol–water partition coefficient (Wildman–Crippen LogP) is 1.77. The highest BCUT2D eigenvalue weighted by molar-refractivity contribution is 8.01. The molecule has 0 amide bonds. The molecule has 1 aromatic carbocycles. The number of morpholine rings is 1. The van der Waals surface area contributed by atoms with Gasteiger partial charge in [0.2, 0.25) is 5.13 Å². The lowest BCUT2D eigenvalue weighted by atomic mass is 10.0. The number of nitrogens with one attached hydrogen (secondary N) is 2. The molecular weight excluding hydrogens is 368 g/mol. The Morgan fingerprint density at radius 2 is 1.96 bits per heavy atom. The number of aliphatic hydroxyl groups is 1. The van der Waals surface area contributed by atoms with Gasteiger partial charge in [-0.1, -0.05) is 49.1 Å². The average Bonchev–Trinajstić information content (AvgIpc) is 3.09. The molecule has 0 spiro atoms. The van der Waals surface area contributed by atoms with E-state index in [0.29, 0.717) is 11.7 Å². The van der Waals surface area contributed by atoms with Crippen LogP contribution in [0.1, 0.15) is 25.3 Å². The molecule has 8 heteroatoms. The molecule has 3 rings (SSSR count). The van der Waals surface area contributed by atoms with E-state index in [9.17, 15) is 5.11 Å². The van der Waals surface area contributed by atoms with E-state index in [-0.39, 0.29) is 6.10 Å². The maximum atomic E-state index is 10.2. The van der Waals surface area contributed by atoms with Gasteiger partial charge in [0.25, 0.3) is 0 Å². The van der Waals surface area contributed by atoms with E-state index in [1.54, 1.807) is 11.8 Å². The monoisotopic (exact) mass is 395 g/mol. The Kier molecular flexibility index (Phi) is 7.27. The van der Waals surface area contributed by atoms with Gasteiger partial charge < -0.3 is 20.1 Å². The van der Waals surface area contributed by atoms with E-state index in [1.165, 1.54) is 21.8 Å². The van der Waals surface area contributed by atoms with Gasteiger partial charge in [-0.05, 0) is 23.6 Å². The lowest BCUT2D eigenvalue weighted by Gasteiger charge is -2.25. The molecule has 0 bridgehead atoms. The van der Waals surface area contributed by atoms with E-state index >= 15 is 0 Å². The standard InChI is InChI=1S/C18H26N4O2S2/c1-13(2)14-3-5-15(6-4-14)19-17-20-21-18(26-17)25-12-16(23)11-22-7-9-24-10-8-22/h3-6,13,16,23H,7-12H2,1-2H3,(H,19,20)/p+1/t16-/m0/s1. The van der Waals surface area contributed by atoms with Crippen LogP contribution in [0.4, 0.5) is 10.8 Å². The molecule has 0 saturated carbocycles. The van der Waals surface area contributed by atoms with Crippen molar-refractivity contribution in [2.75, 3.05) is 43.9 Å². The minimum atomic E-state index is -0.336. The van der Waals surface area contributed by atoms with Crippen LogP contribution in [0, 0.1) is 0 Å². The minimum Gasteiger partial charge on any atom is -0.386 e. The van der Waals surface area contributed by atoms with Crippen molar-refractivity contribution < 1.29 is 14.7 Å². The van der Waals surface area contributed by atoms with Crippen molar-refractivity contribution in [3.63, 3.8) is 0 Å². The molecule has 0 aliphatic carbocycles. The molecule has 6 nitrogen and oxygen atoms in total. The Hall–Kier alpha value is -1.19. The first kappa shape index (κ1) is 19.6. The topological polar surface area (TPSA) is 71.7 Å². The molecular formula is C18H27N4O2S2+. The summed E-state index contributed by atoms with van der Waals surface area (Å²) in [6, 6.07) is 8.40. The molecule has 2 heterocycles. The Bertz CT molecular complexity index is 672. The van der Waals surface area contributed by atoms with Crippen LogP contribution in [-0.4, -0.2) is 60.0 Å². The van der Waals surface area contributed by atoms with Crippen LogP contribution in [-0.2, 0) is 4.74 Å². The Morgan fingerprint density at radius 1 is 1.23 bits per heavy atom. The smallest absolute Gasteiger partial charge is 0.210 e. The molecule has 3 N–H and O–H groups in total. The highest BCUT2D eigenvalue weighted by Gasteiger charge is 2.19. The average molecular weight is 396 g/mol. The van der Waals surface area contributed by atoms with Crippen molar-refractivity contribution in [2.24, 2.45) is 0 Å². The number of anilines is 2. The molecule has 1 aromatic heterocycles. The molecule has 142 valence electrons. The van der Waals surface area contributed by atoms with Crippen molar-refractivity contribution in [2.45, 2.75) is 30.2 Å². The van der Waals surface area contributed by atoms with Crippen molar-refractivity contribution >= 4 is 33.9 Å². The Morgan fingerprint density at radius 3 is 2.65 bits per heavy atom. The van der Waals surface area contributed by atoms with Crippen LogP contribution in [0.2, 0.25) is 0 Å². The SMILES string of the molecule is CC(C)c1ccc(Nc2nnc(SC[C@@H](O)C[NH+]3CCOCC3)s2)cc1. The van der Waals surface area contributed by atoms with Gasteiger partial charge in [-0.3, -0.25) is 0 Å². The molecule has 1 atom stereocenters. The zero-order chi connectivity index (χ0) is 18.4. The second kappa shape index (κ2) is 9.66. The third-order valence-electron chi connectivity index (χ3n) is 4.36. The normalized spacial score (nSPS) is 16.8. The van der Waals surface area contributed by atoms with Crippen molar-refractivity contribution in [3.8, 4) is 0 Å². The molecule has 2 aromatic rings. The summed E-state index contributed by atoms with van der Waals surface area (Å²) in [5.41, 5.74) is 2.33. The molecule has 1 saturated heterocycles. The second-order valence-electron chi connectivity index (χ2n) is 6.81. The molecule has 0 unspecified atom stereocenters. The maximum Gasteiger partial charge on any atom is 0.210 e. The number of hydrogen-bond donors (Lipinski definition) is 3. The first-order chi connectivity index (χ1) is 12.6. The fourth-order valence-corrected chi connectivity index (χ4v) is 4.54. The number of ether oxygens (including phenoxy) is 1. The number of benzene rings is 1. The van der Waals surface area contributed by atoms with Crippen LogP contribution in [0.15, 0.2) is 28.6 Å². The summed E-state index contributed by atoms with van der Waals surface area (Å²) in [5.74, 6) is 1.17. The van der Waals surface area contributed by atoms with Gasteiger partial charge in [0.1, 0.15) is 25.7 Å². The number of quaternary nitrogens is 1. The van der Waals surface area contributed by atoms with E-state index < -0.39 is 0 Å². The van der Waals surface area contributed by atoms with Crippen LogP contribution >= 0.6 is 23.1 Å². The number of nitrogens with zero attached hydrogens (tertiary/aromatic N) is 2. The number of aromatic nitrogens is 2. The minimum absolute atomic E-state index is 0.336. The van der Waals surface area contributed by atoms with Gasteiger partial charge in [-0.15, -0.1) is 10.2 Å². The number of thioether (sulfide) groups is 1. The Labute approximate surface area is 163 Å². The summed E-state index contributed by atoms with van der Waals surface area (Å²) in [7, 11) is 0. The number of hydrogen-bond acceptors (Lipinski definition) is 7. The van der Waals surface area contributed by atoms with Crippen LogP contribution in [0.5, 0.6) is 0 Å². The van der Waals surface area contributed by atoms with Gasteiger partial charge in [0, 0.05) is 11.4 Å². The van der Waals surface area contributed by atoms with Crippen molar-refractivity contribution in [1.29, 1.82) is 0 Å². The van der Waals surface area contributed by atoms with Gasteiger partial charge in [0.15, 0.2) is 4.34 Å². The molecule has 1 aliphatic rings. The number of aliphatic hydroxyl groups excluding tert-OH is 1. The quantitative estimate of drug-likeness (QED) is 0.592. The largest absolute Gasteiger partial charge is 0.386 e. The summed E-state index contributed by atoms with van der Waals surface area (Å²) >= 11 is 3.08. The van der Waals surface area contributed by atoms with E-state index in [2.05, 4.69) is 53.6 Å². The zero-order valence-corrected chi connectivity index (χ0v) is 16.9. The number of rotatable bonds is 8. The lowest BCUT2D eigenvalue weighted by Crippen LogP contribution is -3.15. The fraction of sp³-hybridized carbons (Fsp3) is 0.556. The summed E-state index contributed by atoms with van der Waals surface area (Å²) in [6.45, 7) is 8.67. The maximum absolute atomic E-state index is 10.2. The Balaban J connectivity index is 1.45. The van der Waals surface area contributed by atoms with Crippen LogP contribution in [0.3, 0.4) is 0 Å². The van der Waals surface area contributed by atoms with Gasteiger partial charge in [0.05, 0.1) is 13.2 Å². The molecule has 1 aliphatic heterocycles. The van der Waals surface area contributed by atoms with E-state index in [4.69, 9.17) is 4.74 Å². The molecule has 0 radical (unpaired) electrons. The summed E-state index contributed by atoms with van der Waals surface area (Å²) in [5, 5.41) is 22.7. The van der Waals surface area contributed by atoms with Gasteiger partial charge >= 0.3 is 0 Å². The zero-order valence-electron chi connectivity index (χ0n) is 15.3. The van der Waals surface area contributed by atoms with Crippen molar-refractivity contribution in [3.05, 3.63) is 29.8 Å².